The molecule has 4 aromatic rings. The summed E-state index contributed by atoms with van der Waals surface area (Å²) in [4.78, 5) is 77.2. The van der Waals surface area contributed by atoms with Gasteiger partial charge in [-0.25, -0.2) is 0 Å². The smallest absolute Gasteiger partial charge is 0.273 e. The van der Waals surface area contributed by atoms with Crippen LogP contribution in [0.5, 0.6) is 5.75 Å². The number of rotatable bonds is 29. The predicted octanol–water partition coefficient (Wildman–Crippen LogP) is 4.45. The molecule has 8 atom stereocenters. The molecule has 20 heteroatoms. The van der Waals surface area contributed by atoms with Crippen LogP contribution in [0.25, 0.3) is 0 Å². The Morgan fingerprint density at radius 3 is 1.72 bits per heavy atom. The summed E-state index contributed by atoms with van der Waals surface area (Å²) in [5.41, 5.74) is 13.6. The molecule has 0 aliphatic carbocycles. The van der Waals surface area contributed by atoms with Gasteiger partial charge in [-0.3, -0.25) is 39.6 Å². The second-order valence-corrected chi connectivity index (χ2v) is 19.0. The maximum absolute atomic E-state index is 13.4. The molecule has 8 N–H and O–H groups in total. The van der Waals surface area contributed by atoms with Crippen LogP contribution in [0.4, 0.5) is 5.69 Å². The number of ether oxygens (including phenoxy) is 7. The molecule has 412 valence electrons. The van der Waals surface area contributed by atoms with Gasteiger partial charge in [-0.15, -0.1) is 0 Å². The van der Waals surface area contributed by atoms with Crippen molar-refractivity contribution in [1.82, 2.24) is 26.8 Å². The standard InChI is InChI=1S/C56H75N7O13/c1-35(2)47(61-52(66)37(5)57)54(68)58-27-17-28-72-56-51(75-33-41-22-15-10-16-23-41)50(74-32-40-20-13-9-14-21-40)49(73-31-39-18-11-8-12-19-39)45(76-56)34-71-29-26-46(65)60-48(36(3)4)55(69)63-62-53(67)43-30-42(59-38(6)64)24-25-44(43)70-7/h8-16,18-25,30,35-37,45,47-51,56H,17,26-29,31-34,57H2,1-7H3,(H,58,68)(H,59,64)(H,60,65)(H,61,66)(H,62,67)(H,63,69)/t37-,45+,47-,48-,49+,50-,51+,56?/m0/s1. The van der Waals surface area contributed by atoms with Gasteiger partial charge >= 0.3 is 0 Å². The van der Waals surface area contributed by atoms with Gasteiger partial charge in [-0.2, -0.15) is 0 Å². The summed E-state index contributed by atoms with van der Waals surface area (Å²) >= 11 is 0. The van der Waals surface area contributed by atoms with Crippen molar-refractivity contribution >= 4 is 41.1 Å². The molecular weight excluding hydrogens is 979 g/mol. The Hall–Kier alpha value is -6.78. The lowest BCUT2D eigenvalue weighted by Gasteiger charge is -2.46. The normalized spacial score (nSPS) is 18.4. The highest BCUT2D eigenvalue weighted by Crippen LogP contribution is 2.32. The molecule has 0 spiro atoms. The Morgan fingerprint density at radius 2 is 1.18 bits per heavy atom. The summed E-state index contributed by atoms with van der Waals surface area (Å²) in [6, 6.07) is 30.8. The van der Waals surface area contributed by atoms with Crippen LogP contribution in [0.3, 0.4) is 0 Å². The van der Waals surface area contributed by atoms with Gasteiger partial charge in [-0.1, -0.05) is 119 Å². The number of hydrogen-bond donors (Lipinski definition) is 7. The minimum Gasteiger partial charge on any atom is -0.496 e. The van der Waals surface area contributed by atoms with E-state index in [1.165, 1.54) is 26.2 Å². The Kier molecular flexibility index (Phi) is 24.8. The van der Waals surface area contributed by atoms with Crippen molar-refractivity contribution in [2.45, 2.75) is 123 Å². The monoisotopic (exact) mass is 1050 g/mol. The molecule has 0 aromatic heterocycles. The van der Waals surface area contributed by atoms with Crippen molar-refractivity contribution in [3.05, 3.63) is 131 Å². The molecule has 1 fully saturated rings. The van der Waals surface area contributed by atoms with Crippen LogP contribution in [-0.4, -0.2) is 118 Å². The van der Waals surface area contributed by atoms with E-state index in [1.807, 2.05) is 105 Å². The van der Waals surface area contributed by atoms with Gasteiger partial charge in [0.25, 0.3) is 11.8 Å². The Balaban J connectivity index is 1.30. The van der Waals surface area contributed by atoms with E-state index in [9.17, 15) is 28.8 Å². The van der Waals surface area contributed by atoms with E-state index >= 15 is 0 Å². The minimum absolute atomic E-state index is 0.0523. The summed E-state index contributed by atoms with van der Waals surface area (Å²) in [5.74, 6) is -3.37. The zero-order chi connectivity index (χ0) is 55.0. The molecule has 1 saturated heterocycles. The second kappa shape index (κ2) is 31.3. The first kappa shape index (κ1) is 60.1. The fourth-order valence-corrected chi connectivity index (χ4v) is 8.00. The lowest BCUT2D eigenvalue weighted by molar-refractivity contribution is -0.328. The molecule has 76 heavy (non-hydrogen) atoms. The van der Waals surface area contributed by atoms with E-state index in [-0.39, 0.29) is 87.6 Å². The van der Waals surface area contributed by atoms with E-state index in [4.69, 9.17) is 38.9 Å². The molecule has 1 aliphatic rings. The Morgan fingerprint density at radius 1 is 0.632 bits per heavy atom. The minimum atomic E-state index is -1.04. The van der Waals surface area contributed by atoms with Crippen LogP contribution < -0.4 is 42.6 Å². The van der Waals surface area contributed by atoms with E-state index in [2.05, 4.69) is 32.1 Å². The van der Waals surface area contributed by atoms with Crippen molar-refractivity contribution in [3.8, 4) is 5.75 Å². The summed E-state index contributed by atoms with van der Waals surface area (Å²) < 4.78 is 44.9. The highest BCUT2D eigenvalue weighted by atomic mass is 16.7. The number of carbonyl (C=O) groups is 6. The molecule has 20 nitrogen and oxygen atoms in total. The molecule has 6 amide bonds. The average Bonchev–Trinajstić information content (AvgIpc) is 3.41. The fraction of sp³-hybridized carbons (Fsp3) is 0.464. The molecule has 1 unspecified atom stereocenters. The van der Waals surface area contributed by atoms with Crippen LogP contribution in [0.15, 0.2) is 109 Å². The first-order valence-corrected chi connectivity index (χ1v) is 25.5. The lowest BCUT2D eigenvalue weighted by atomic mass is 9.97. The average molecular weight is 1050 g/mol. The third-order valence-corrected chi connectivity index (χ3v) is 12.1. The number of carbonyl (C=O) groups excluding carboxylic acids is 6. The van der Waals surface area contributed by atoms with Crippen LogP contribution in [0, 0.1) is 11.8 Å². The second-order valence-electron chi connectivity index (χ2n) is 19.0. The summed E-state index contributed by atoms with van der Waals surface area (Å²) in [6.07, 6.45) is -4.08. The van der Waals surface area contributed by atoms with Gasteiger partial charge in [0.15, 0.2) is 6.29 Å². The van der Waals surface area contributed by atoms with Gasteiger partial charge in [0.05, 0.1) is 58.4 Å². The van der Waals surface area contributed by atoms with Gasteiger partial charge in [-0.05, 0) is 60.1 Å². The van der Waals surface area contributed by atoms with Crippen LogP contribution in [0.1, 0.15) is 81.4 Å². The number of hydrazine groups is 1. The van der Waals surface area contributed by atoms with Crippen molar-refractivity contribution in [2.75, 3.05) is 38.8 Å². The number of nitrogens with two attached hydrogens (primary N) is 1. The van der Waals surface area contributed by atoms with Crippen molar-refractivity contribution in [1.29, 1.82) is 0 Å². The summed E-state index contributed by atoms with van der Waals surface area (Å²) in [5, 5.41) is 11.0. The molecule has 1 aliphatic heterocycles. The van der Waals surface area contributed by atoms with Crippen LogP contribution >= 0.6 is 0 Å². The Bertz CT molecular complexity index is 2450. The number of anilines is 1. The van der Waals surface area contributed by atoms with E-state index in [1.54, 1.807) is 26.8 Å². The largest absolute Gasteiger partial charge is 0.496 e. The topological polar surface area (TPSA) is 265 Å². The molecule has 0 radical (unpaired) electrons. The maximum atomic E-state index is 13.4. The lowest BCUT2D eigenvalue weighted by Crippen LogP contribution is -2.62. The third kappa shape index (κ3) is 19.4. The molecule has 0 bridgehead atoms. The van der Waals surface area contributed by atoms with Gasteiger partial charge in [0.1, 0.15) is 42.2 Å². The molecule has 5 rings (SSSR count). The van der Waals surface area contributed by atoms with Crippen molar-refractivity contribution in [3.63, 3.8) is 0 Å². The first-order valence-electron chi connectivity index (χ1n) is 25.5. The highest BCUT2D eigenvalue weighted by molar-refractivity contribution is 6.00. The first-order chi connectivity index (χ1) is 36.5. The number of hydrogen-bond acceptors (Lipinski definition) is 14. The van der Waals surface area contributed by atoms with Gasteiger partial charge in [0.2, 0.25) is 23.6 Å². The van der Waals surface area contributed by atoms with E-state index < -0.39 is 72.5 Å². The summed E-state index contributed by atoms with van der Waals surface area (Å²) in [6.45, 7) is 10.8. The van der Waals surface area contributed by atoms with E-state index in [0.717, 1.165) is 16.7 Å². The SMILES string of the molecule is COc1ccc(NC(C)=O)cc1C(=O)NNC(=O)[C@@H](NC(=O)CCOC[C@H]1OC(OCCCNC(=O)[C@@H](NC(=O)[C@H](C)N)C(C)C)[C@H](OCc2ccccc2)[C@@H](OCc2ccccc2)[C@@H]1OCc1ccccc1)C(C)C. The number of amides is 6. The predicted molar refractivity (Wildman–Crippen MR) is 283 cm³/mol. The van der Waals surface area contributed by atoms with Crippen LogP contribution in [0.2, 0.25) is 0 Å². The third-order valence-electron chi connectivity index (χ3n) is 12.1. The zero-order valence-corrected chi connectivity index (χ0v) is 44.4. The molecular formula is C56H75N7O13. The maximum Gasteiger partial charge on any atom is 0.273 e. The van der Waals surface area contributed by atoms with Crippen molar-refractivity contribution in [2.24, 2.45) is 17.6 Å². The van der Waals surface area contributed by atoms with Gasteiger partial charge in [0, 0.05) is 25.6 Å². The molecule has 1 heterocycles. The van der Waals surface area contributed by atoms with Crippen molar-refractivity contribution < 1.29 is 61.9 Å². The highest BCUT2D eigenvalue weighted by Gasteiger charge is 2.49. The number of nitrogens with one attached hydrogen (secondary N) is 6. The summed E-state index contributed by atoms with van der Waals surface area (Å²) in [7, 11) is 1.38. The molecule has 4 aromatic carbocycles. The Labute approximate surface area is 445 Å². The number of benzene rings is 4. The molecule has 0 saturated carbocycles. The van der Waals surface area contributed by atoms with Gasteiger partial charge < -0.3 is 60.2 Å². The quantitative estimate of drug-likeness (QED) is 0.0293. The van der Waals surface area contributed by atoms with Crippen LogP contribution in [-0.2, 0) is 72.2 Å². The van der Waals surface area contributed by atoms with E-state index in [0.29, 0.717) is 12.1 Å². The zero-order valence-electron chi connectivity index (χ0n) is 44.4. The number of methoxy groups -OCH3 is 1. The fourth-order valence-electron chi connectivity index (χ4n) is 8.00.